The molecule has 1 amide bonds. The number of hydrogen-bond acceptors (Lipinski definition) is 5. The van der Waals surface area contributed by atoms with Crippen molar-refractivity contribution in [3.05, 3.63) is 29.8 Å². The van der Waals surface area contributed by atoms with Crippen LogP contribution in [0.25, 0.3) is 0 Å². The highest BCUT2D eigenvalue weighted by molar-refractivity contribution is 14.0. The summed E-state index contributed by atoms with van der Waals surface area (Å²) in [6.07, 6.45) is 1.43. The van der Waals surface area contributed by atoms with Crippen LogP contribution in [0.4, 0.5) is 10.5 Å². The molecule has 0 spiro atoms. The van der Waals surface area contributed by atoms with Gasteiger partial charge in [0.05, 0.1) is 26.4 Å². The number of hydrogen-bond donors (Lipinski definition) is 2. The fraction of sp³-hybridized carbons (Fsp3) is 0.600. The zero-order valence-electron chi connectivity index (χ0n) is 17.0. The van der Waals surface area contributed by atoms with Crippen molar-refractivity contribution in [2.24, 2.45) is 10.7 Å². The van der Waals surface area contributed by atoms with E-state index >= 15 is 0 Å². The summed E-state index contributed by atoms with van der Waals surface area (Å²) in [4.78, 5) is 20.4. The Kier molecular flexibility index (Phi) is 9.79. The Labute approximate surface area is 189 Å². The lowest BCUT2D eigenvalue weighted by atomic mass is 10.1. The van der Waals surface area contributed by atoms with E-state index in [2.05, 4.69) is 33.4 Å². The van der Waals surface area contributed by atoms with Crippen LogP contribution >= 0.6 is 24.0 Å². The number of nitrogens with two attached hydrogens (primary N) is 1. The van der Waals surface area contributed by atoms with Crippen LogP contribution in [0, 0.1) is 0 Å². The molecule has 1 aromatic carbocycles. The van der Waals surface area contributed by atoms with Gasteiger partial charge >= 0.3 is 6.09 Å². The number of nitrogens with zero attached hydrogens (tertiary/aromatic N) is 3. The standard InChI is InChI=1S/C20H31N5O3.HI/c1-2-28-20(26)25-9-7-17(8-10-25)23-19(21)22-15-16-5-3-4-6-18(16)24-11-13-27-14-12-24;/h3-6,17H,2,7-15H2,1H3,(H3,21,22,23);1H. The lowest BCUT2D eigenvalue weighted by Crippen LogP contribution is -2.48. The number of aliphatic imine (C=N–C) groups is 1. The molecular formula is C20H32IN5O3. The number of nitrogens with one attached hydrogen (secondary N) is 1. The number of morpholine rings is 1. The van der Waals surface area contributed by atoms with E-state index in [-0.39, 0.29) is 36.1 Å². The first-order chi connectivity index (χ1) is 13.7. The van der Waals surface area contributed by atoms with E-state index in [9.17, 15) is 4.79 Å². The van der Waals surface area contributed by atoms with Gasteiger partial charge in [0.25, 0.3) is 0 Å². The van der Waals surface area contributed by atoms with Gasteiger partial charge in [-0.3, -0.25) is 0 Å². The minimum absolute atomic E-state index is 0. The Bertz CT molecular complexity index is 674. The summed E-state index contributed by atoms with van der Waals surface area (Å²) in [7, 11) is 0. The molecule has 9 heteroatoms. The molecule has 2 aliphatic rings. The summed E-state index contributed by atoms with van der Waals surface area (Å²) in [5, 5.41) is 3.29. The number of likely N-dealkylation sites (tertiary alicyclic amines) is 1. The Morgan fingerprint density at radius 3 is 2.62 bits per heavy atom. The van der Waals surface area contributed by atoms with E-state index in [1.807, 2.05) is 13.0 Å². The van der Waals surface area contributed by atoms with E-state index in [1.54, 1.807) is 4.90 Å². The van der Waals surface area contributed by atoms with Crippen molar-refractivity contribution in [2.45, 2.75) is 32.4 Å². The molecule has 0 radical (unpaired) electrons. The van der Waals surface area contributed by atoms with Crippen molar-refractivity contribution in [1.82, 2.24) is 10.2 Å². The maximum absolute atomic E-state index is 11.8. The van der Waals surface area contributed by atoms with Gasteiger partial charge in [-0.25, -0.2) is 9.79 Å². The summed E-state index contributed by atoms with van der Waals surface area (Å²) in [6.45, 7) is 7.41. The third kappa shape index (κ3) is 6.91. The van der Waals surface area contributed by atoms with Gasteiger partial charge in [0.15, 0.2) is 5.96 Å². The molecule has 29 heavy (non-hydrogen) atoms. The summed E-state index contributed by atoms with van der Waals surface area (Å²) in [6, 6.07) is 8.54. The number of ether oxygens (including phenoxy) is 2. The van der Waals surface area contributed by atoms with Crippen molar-refractivity contribution in [2.75, 3.05) is 50.9 Å². The SMILES string of the molecule is CCOC(=O)N1CCC(NC(N)=NCc2ccccc2N2CCOCC2)CC1.I. The number of piperidine rings is 1. The number of anilines is 1. The van der Waals surface area contributed by atoms with Crippen LogP contribution in [0.15, 0.2) is 29.3 Å². The fourth-order valence-electron chi connectivity index (χ4n) is 3.60. The number of guanidine groups is 1. The van der Waals surface area contributed by atoms with E-state index in [1.165, 1.54) is 5.69 Å². The minimum atomic E-state index is -0.234. The molecule has 162 valence electrons. The molecule has 2 fully saturated rings. The van der Waals surface area contributed by atoms with Gasteiger partial charge in [0, 0.05) is 37.9 Å². The first-order valence-electron chi connectivity index (χ1n) is 10.1. The molecule has 3 rings (SSSR count). The van der Waals surface area contributed by atoms with Crippen LogP contribution in [0.1, 0.15) is 25.3 Å². The summed E-state index contributed by atoms with van der Waals surface area (Å²) in [5.74, 6) is 0.450. The second-order valence-corrected chi connectivity index (χ2v) is 7.03. The molecule has 2 saturated heterocycles. The van der Waals surface area contributed by atoms with Crippen molar-refractivity contribution < 1.29 is 14.3 Å². The molecule has 8 nitrogen and oxygen atoms in total. The molecule has 2 heterocycles. The van der Waals surface area contributed by atoms with Gasteiger partial charge in [-0.2, -0.15) is 0 Å². The van der Waals surface area contributed by atoms with E-state index in [0.717, 1.165) is 44.7 Å². The summed E-state index contributed by atoms with van der Waals surface area (Å²) < 4.78 is 10.5. The molecule has 0 saturated carbocycles. The molecule has 0 aromatic heterocycles. The molecule has 3 N–H and O–H groups in total. The quantitative estimate of drug-likeness (QED) is 0.354. The average Bonchev–Trinajstić information content (AvgIpc) is 2.74. The first-order valence-corrected chi connectivity index (χ1v) is 10.1. The largest absolute Gasteiger partial charge is 0.450 e. The molecule has 0 aliphatic carbocycles. The van der Waals surface area contributed by atoms with Crippen molar-refractivity contribution in [1.29, 1.82) is 0 Å². The van der Waals surface area contributed by atoms with Crippen molar-refractivity contribution >= 4 is 41.7 Å². The molecule has 2 aliphatic heterocycles. The molecule has 1 aromatic rings. The highest BCUT2D eigenvalue weighted by Gasteiger charge is 2.23. The first kappa shape index (κ1) is 23.5. The van der Waals surface area contributed by atoms with Gasteiger partial charge in [0.2, 0.25) is 0 Å². The highest BCUT2D eigenvalue weighted by atomic mass is 127. The zero-order chi connectivity index (χ0) is 19.8. The number of carbonyl (C=O) groups is 1. The van der Waals surface area contributed by atoms with E-state index < -0.39 is 0 Å². The normalized spacial score (nSPS) is 18.2. The summed E-state index contributed by atoms with van der Waals surface area (Å²) in [5.41, 5.74) is 8.48. The topological polar surface area (TPSA) is 92.4 Å². The van der Waals surface area contributed by atoms with Crippen LogP contribution in [0.5, 0.6) is 0 Å². The lowest BCUT2D eigenvalue weighted by Gasteiger charge is -2.32. The number of benzene rings is 1. The van der Waals surface area contributed by atoms with Crippen molar-refractivity contribution in [3.8, 4) is 0 Å². The second-order valence-electron chi connectivity index (χ2n) is 7.03. The minimum Gasteiger partial charge on any atom is -0.450 e. The van der Waals surface area contributed by atoms with Crippen LogP contribution in [-0.2, 0) is 16.0 Å². The highest BCUT2D eigenvalue weighted by Crippen LogP contribution is 2.22. The predicted octanol–water partition coefficient (Wildman–Crippen LogP) is 2.17. The molecule has 0 unspecified atom stereocenters. The van der Waals surface area contributed by atoms with Crippen LogP contribution in [0.3, 0.4) is 0 Å². The maximum atomic E-state index is 11.8. The zero-order valence-corrected chi connectivity index (χ0v) is 19.3. The van der Waals surface area contributed by atoms with Crippen LogP contribution in [-0.4, -0.2) is 69.0 Å². The van der Waals surface area contributed by atoms with Gasteiger partial charge in [-0.05, 0) is 31.4 Å². The van der Waals surface area contributed by atoms with Gasteiger partial charge in [-0.15, -0.1) is 24.0 Å². The number of halogens is 1. The van der Waals surface area contributed by atoms with E-state index in [0.29, 0.717) is 32.2 Å². The van der Waals surface area contributed by atoms with Gasteiger partial charge in [0.1, 0.15) is 0 Å². The predicted molar refractivity (Wildman–Crippen MR) is 125 cm³/mol. The molecule has 0 atom stereocenters. The van der Waals surface area contributed by atoms with E-state index in [4.69, 9.17) is 15.2 Å². The maximum Gasteiger partial charge on any atom is 0.409 e. The molecular weight excluding hydrogens is 485 g/mol. The van der Waals surface area contributed by atoms with Crippen LogP contribution in [0.2, 0.25) is 0 Å². The monoisotopic (exact) mass is 517 g/mol. The third-order valence-corrected chi connectivity index (χ3v) is 5.14. The average molecular weight is 517 g/mol. The fourth-order valence-corrected chi connectivity index (χ4v) is 3.60. The Morgan fingerprint density at radius 2 is 1.93 bits per heavy atom. The van der Waals surface area contributed by atoms with Gasteiger partial charge in [-0.1, -0.05) is 18.2 Å². The number of rotatable bonds is 5. The van der Waals surface area contributed by atoms with Crippen LogP contribution < -0.4 is 16.0 Å². The second kappa shape index (κ2) is 12.1. The number of amides is 1. The Balaban J connectivity index is 0.00000300. The van der Waals surface area contributed by atoms with Crippen molar-refractivity contribution in [3.63, 3.8) is 0 Å². The number of para-hydroxylation sites is 1. The number of carbonyl (C=O) groups excluding carboxylic acids is 1. The Hall–Kier alpha value is -1.75. The Morgan fingerprint density at radius 1 is 1.24 bits per heavy atom. The molecule has 0 bridgehead atoms. The third-order valence-electron chi connectivity index (χ3n) is 5.14. The smallest absolute Gasteiger partial charge is 0.409 e. The summed E-state index contributed by atoms with van der Waals surface area (Å²) >= 11 is 0. The van der Waals surface area contributed by atoms with Gasteiger partial charge < -0.3 is 30.3 Å². The lowest BCUT2D eigenvalue weighted by molar-refractivity contribution is 0.0963.